The van der Waals surface area contributed by atoms with Gasteiger partial charge in [0, 0.05) is 57.3 Å². The van der Waals surface area contributed by atoms with E-state index in [0.29, 0.717) is 64.2 Å². The number of hydrogen-bond acceptors (Lipinski definition) is 10. The molecule has 3 heterocycles. The number of alkyl halides is 2. The normalized spacial score (nSPS) is 17.1. The number of carbonyl (C=O) groups is 4. The molecule has 2 saturated heterocycles. The van der Waals surface area contributed by atoms with Gasteiger partial charge in [0.25, 0.3) is 5.91 Å². The smallest absolute Gasteiger partial charge is 0.408 e. The Kier molecular flexibility index (Phi) is 12.8. The van der Waals surface area contributed by atoms with Gasteiger partial charge in [-0.15, -0.1) is 0 Å². The molecule has 1 atom stereocenters. The quantitative estimate of drug-likeness (QED) is 0.279. The number of unbranched alkanes of at least 4 members (excludes halogenated alkanes) is 1. The summed E-state index contributed by atoms with van der Waals surface area (Å²) >= 11 is 0. The Morgan fingerprint density at radius 2 is 1.65 bits per heavy atom. The lowest BCUT2D eigenvalue weighted by Gasteiger charge is -2.34. The molecule has 5 rings (SSSR count). The van der Waals surface area contributed by atoms with Crippen LogP contribution < -0.4 is 20.1 Å². The van der Waals surface area contributed by atoms with Gasteiger partial charge in [0.05, 0.1) is 25.9 Å². The maximum atomic E-state index is 13.9. The number of ether oxygens (including phenoxy) is 4. The molecule has 0 spiro atoms. The number of piperazine rings is 1. The maximum Gasteiger partial charge on any atom is 0.408 e. The molecule has 2 aromatic rings. The van der Waals surface area contributed by atoms with E-state index in [4.69, 9.17) is 23.4 Å². The van der Waals surface area contributed by atoms with Crippen molar-refractivity contribution < 1.29 is 51.3 Å². The largest absolute Gasteiger partial charge is 0.490 e. The maximum absolute atomic E-state index is 13.9. The van der Waals surface area contributed by atoms with Gasteiger partial charge in [0.15, 0.2) is 23.0 Å². The first-order valence-corrected chi connectivity index (χ1v) is 17.7. The van der Waals surface area contributed by atoms with E-state index < -0.39 is 30.3 Å². The zero-order valence-corrected chi connectivity index (χ0v) is 30.1. The highest BCUT2D eigenvalue weighted by molar-refractivity contribution is 5.94. The molecule has 286 valence electrons. The summed E-state index contributed by atoms with van der Waals surface area (Å²) in [5.74, 6) is -0.636. The summed E-state index contributed by atoms with van der Waals surface area (Å²) in [6, 6.07) is 3.34. The number of morpholine rings is 1. The standard InChI is InChI=1S/C35H48F2N6O9/c1-22(38-34(47)52-35(2,3)4)29-28(31(45)42-12-14-43(15-13-42)33(46)39-24-9-10-24)40-30(51-29)23-8-11-25(50-32(36)37)26(21-23)49-18-6-5-7-27(44)41-16-19-48-20-17-41/h8,11,21-22,24,32H,5-7,9-10,12-20H2,1-4H3,(H,38,47)(H,39,46)/t22-/m0/s1. The van der Waals surface area contributed by atoms with Crippen molar-refractivity contribution in [3.05, 3.63) is 29.7 Å². The van der Waals surface area contributed by atoms with E-state index in [9.17, 15) is 28.0 Å². The van der Waals surface area contributed by atoms with Gasteiger partial charge in [-0.3, -0.25) is 9.59 Å². The molecule has 0 radical (unpaired) electrons. The van der Waals surface area contributed by atoms with Gasteiger partial charge < -0.3 is 48.7 Å². The summed E-state index contributed by atoms with van der Waals surface area (Å²) in [6.45, 7) is 7.04. The molecular formula is C35H48F2N6O9. The summed E-state index contributed by atoms with van der Waals surface area (Å²) in [7, 11) is 0. The Morgan fingerprint density at radius 1 is 0.962 bits per heavy atom. The molecule has 2 N–H and O–H groups in total. The predicted molar refractivity (Wildman–Crippen MR) is 182 cm³/mol. The van der Waals surface area contributed by atoms with Gasteiger partial charge in [-0.2, -0.15) is 8.78 Å². The fourth-order valence-electron chi connectivity index (χ4n) is 5.69. The van der Waals surface area contributed by atoms with Crippen molar-refractivity contribution in [1.29, 1.82) is 0 Å². The van der Waals surface area contributed by atoms with E-state index in [-0.39, 0.29) is 66.5 Å². The van der Waals surface area contributed by atoms with Crippen LogP contribution in [0.3, 0.4) is 0 Å². The third-order valence-corrected chi connectivity index (χ3v) is 8.55. The van der Waals surface area contributed by atoms with Gasteiger partial charge in [-0.25, -0.2) is 14.6 Å². The summed E-state index contributed by atoms with van der Waals surface area (Å²) in [5, 5.41) is 5.64. The van der Waals surface area contributed by atoms with Crippen LogP contribution in [-0.4, -0.2) is 121 Å². The lowest BCUT2D eigenvalue weighted by atomic mass is 10.1. The molecular weight excluding hydrogens is 686 g/mol. The minimum absolute atomic E-state index is 0.00884. The van der Waals surface area contributed by atoms with Crippen molar-refractivity contribution in [1.82, 2.24) is 30.3 Å². The van der Waals surface area contributed by atoms with E-state index in [1.807, 2.05) is 0 Å². The average molecular weight is 735 g/mol. The second kappa shape index (κ2) is 17.2. The number of aromatic nitrogens is 1. The first kappa shape index (κ1) is 38.6. The Bertz CT molecular complexity index is 1560. The van der Waals surface area contributed by atoms with E-state index in [0.717, 1.165) is 12.8 Å². The minimum atomic E-state index is -3.11. The highest BCUT2D eigenvalue weighted by Crippen LogP contribution is 2.36. The van der Waals surface area contributed by atoms with E-state index >= 15 is 0 Å². The zero-order valence-electron chi connectivity index (χ0n) is 30.1. The summed E-state index contributed by atoms with van der Waals surface area (Å²) in [6.07, 6.45) is 2.51. The first-order valence-electron chi connectivity index (χ1n) is 17.7. The fourth-order valence-corrected chi connectivity index (χ4v) is 5.69. The first-order chi connectivity index (χ1) is 24.8. The van der Waals surface area contributed by atoms with Gasteiger partial charge in [0.2, 0.25) is 11.8 Å². The second-order valence-corrected chi connectivity index (χ2v) is 13.9. The number of nitrogens with zero attached hydrogens (tertiary/aromatic N) is 4. The molecule has 5 amide bonds. The molecule has 2 aliphatic heterocycles. The highest BCUT2D eigenvalue weighted by atomic mass is 19.3. The van der Waals surface area contributed by atoms with Crippen molar-refractivity contribution in [2.75, 3.05) is 59.1 Å². The number of halogens is 2. The molecule has 15 nitrogen and oxygen atoms in total. The molecule has 1 aromatic carbocycles. The SMILES string of the molecule is C[C@H](NC(=O)OC(C)(C)C)c1oc(-c2ccc(OC(F)F)c(OCCCCC(=O)N3CCOCC3)c2)nc1C(=O)N1CCN(C(=O)NC2CC2)CC1. The molecule has 3 fully saturated rings. The van der Waals surface area contributed by atoms with Gasteiger partial charge in [-0.1, -0.05) is 0 Å². The molecule has 1 aliphatic carbocycles. The van der Waals surface area contributed by atoms with Crippen molar-refractivity contribution in [3.63, 3.8) is 0 Å². The number of urea groups is 1. The number of carbonyl (C=O) groups excluding carboxylic acids is 4. The number of amides is 5. The Balaban J connectivity index is 1.32. The number of oxazole rings is 1. The number of hydrogen-bond donors (Lipinski definition) is 2. The number of alkyl carbamates (subject to hydrolysis) is 1. The Labute approximate surface area is 301 Å². The lowest BCUT2D eigenvalue weighted by molar-refractivity contribution is -0.135. The van der Waals surface area contributed by atoms with Crippen molar-refractivity contribution >= 4 is 23.9 Å². The molecule has 3 aliphatic rings. The number of rotatable bonds is 13. The minimum Gasteiger partial charge on any atom is -0.490 e. The van der Waals surface area contributed by atoms with Crippen LogP contribution >= 0.6 is 0 Å². The van der Waals surface area contributed by atoms with Crippen molar-refractivity contribution in [3.8, 4) is 23.0 Å². The molecule has 0 unspecified atom stereocenters. The third kappa shape index (κ3) is 10.9. The van der Waals surface area contributed by atoms with E-state index in [1.165, 1.54) is 18.2 Å². The second-order valence-electron chi connectivity index (χ2n) is 13.9. The van der Waals surface area contributed by atoms with Crippen LogP contribution in [0.5, 0.6) is 11.5 Å². The lowest BCUT2D eigenvalue weighted by Crippen LogP contribution is -2.53. The number of nitrogens with one attached hydrogen (secondary N) is 2. The highest BCUT2D eigenvalue weighted by Gasteiger charge is 2.34. The zero-order chi connectivity index (χ0) is 37.4. The predicted octanol–water partition coefficient (Wildman–Crippen LogP) is 4.57. The fraction of sp³-hybridized carbons (Fsp3) is 0.629. The van der Waals surface area contributed by atoms with Crippen LogP contribution in [0.25, 0.3) is 11.5 Å². The van der Waals surface area contributed by atoms with Crippen LogP contribution in [0, 0.1) is 0 Å². The van der Waals surface area contributed by atoms with E-state index in [2.05, 4.69) is 15.6 Å². The van der Waals surface area contributed by atoms with Crippen LogP contribution in [0.2, 0.25) is 0 Å². The van der Waals surface area contributed by atoms with Crippen molar-refractivity contribution in [2.24, 2.45) is 0 Å². The molecule has 1 saturated carbocycles. The van der Waals surface area contributed by atoms with Crippen LogP contribution in [-0.2, 0) is 14.3 Å². The Morgan fingerprint density at radius 3 is 2.31 bits per heavy atom. The summed E-state index contributed by atoms with van der Waals surface area (Å²) in [5.41, 5.74) is -0.544. The third-order valence-electron chi connectivity index (χ3n) is 8.55. The van der Waals surface area contributed by atoms with Crippen LogP contribution in [0.1, 0.15) is 82.1 Å². The van der Waals surface area contributed by atoms with Gasteiger partial charge in [-0.05, 0) is 71.6 Å². The summed E-state index contributed by atoms with van der Waals surface area (Å²) < 4.78 is 54.0. The monoisotopic (exact) mass is 734 g/mol. The van der Waals surface area contributed by atoms with Gasteiger partial charge >= 0.3 is 18.7 Å². The summed E-state index contributed by atoms with van der Waals surface area (Å²) in [4.78, 5) is 61.1. The van der Waals surface area contributed by atoms with Crippen LogP contribution in [0.4, 0.5) is 18.4 Å². The topological polar surface area (TPSA) is 165 Å². The average Bonchev–Trinajstić information content (AvgIpc) is 3.80. The Hall–Kier alpha value is -4.67. The van der Waals surface area contributed by atoms with Crippen LogP contribution in [0.15, 0.2) is 22.6 Å². The van der Waals surface area contributed by atoms with E-state index in [1.54, 1.807) is 42.4 Å². The molecule has 52 heavy (non-hydrogen) atoms. The van der Waals surface area contributed by atoms with Gasteiger partial charge in [0.1, 0.15) is 5.60 Å². The molecule has 17 heteroatoms. The number of benzene rings is 1. The molecule has 1 aromatic heterocycles. The molecule has 0 bridgehead atoms. The van der Waals surface area contributed by atoms with Crippen molar-refractivity contribution in [2.45, 2.75) is 84.1 Å².